The molecule has 138 valence electrons. The van der Waals surface area contributed by atoms with Crippen molar-refractivity contribution < 1.29 is 9.53 Å². The molecule has 0 aliphatic carbocycles. The van der Waals surface area contributed by atoms with Crippen LogP contribution in [0.1, 0.15) is 21.6 Å². The highest BCUT2D eigenvalue weighted by molar-refractivity contribution is 5.92. The number of hydrogen-bond acceptors (Lipinski definition) is 4. The summed E-state index contributed by atoms with van der Waals surface area (Å²) < 4.78 is 5.14. The van der Waals surface area contributed by atoms with Gasteiger partial charge in [-0.05, 0) is 55.3 Å². The number of nitrogens with one attached hydrogen (secondary N) is 2. The van der Waals surface area contributed by atoms with Crippen LogP contribution in [0.4, 0.5) is 11.4 Å². The minimum Gasteiger partial charge on any atom is -0.497 e. The van der Waals surface area contributed by atoms with Crippen molar-refractivity contribution in [3.05, 3.63) is 83.7 Å². The van der Waals surface area contributed by atoms with Crippen molar-refractivity contribution >= 4 is 17.3 Å². The molecule has 5 heteroatoms. The number of rotatable bonds is 7. The molecule has 0 saturated carbocycles. The Hall–Kier alpha value is -3.34. The van der Waals surface area contributed by atoms with Gasteiger partial charge in [-0.3, -0.25) is 4.79 Å². The molecule has 2 aromatic carbocycles. The molecule has 27 heavy (non-hydrogen) atoms. The topological polar surface area (TPSA) is 63.2 Å². The van der Waals surface area contributed by atoms with E-state index in [4.69, 9.17) is 4.74 Å². The van der Waals surface area contributed by atoms with Crippen LogP contribution in [0.25, 0.3) is 0 Å². The van der Waals surface area contributed by atoms with E-state index in [0.717, 1.165) is 29.1 Å². The zero-order valence-corrected chi connectivity index (χ0v) is 15.5. The van der Waals surface area contributed by atoms with Crippen molar-refractivity contribution in [3.8, 4) is 5.75 Å². The highest BCUT2D eigenvalue weighted by Gasteiger charge is 2.07. The van der Waals surface area contributed by atoms with Crippen molar-refractivity contribution in [2.45, 2.75) is 13.3 Å². The van der Waals surface area contributed by atoms with Crippen molar-refractivity contribution in [2.75, 3.05) is 19.0 Å². The fourth-order valence-electron chi connectivity index (χ4n) is 2.61. The second-order valence-electron chi connectivity index (χ2n) is 6.28. The van der Waals surface area contributed by atoms with Crippen LogP contribution >= 0.6 is 0 Å². The summed E-state index contributed by atoms with van der Waals surface area (Å²) in [5, 5.41) is 6.17. The average molecular weight is 361 g/mol. The van der Waals surface area contributed by atoms with E-state index < -0.39 is 0 Å². The summed E-state index contributed by atoms with van der Waals surface area (Å²) >= 11 is 0. The molecule has 1 amide bonds. The van der Waals surface area contributed by atoms with Gasteiger partial charge in [0.25, 0.3) is 5.91 Å². The number of carbonyl (C=O) groups is 1. The number of anilines is 2. The van der Waals surface area contributed by atoms with E-state index in [2.05, 4.69) is 15.6 Å². The van der Waals surface area contributed by atoms with E-state index in [9.17, 15) is 4.79 Å². The van der Waals surface area contributed by atoms with Gasteiger partial charge in [0.1, 0.15) is 11.4 Å². The molecule has 1 heterocycles. The number of aromatic nitrogens is 1. The Kier molecular flexibility index (Phi) is 6.05. The van der Waals surface area contributed by atoms with Gasteiger partial charge in [0, 0.05) is 12.2 Å². The number of methoxy groups -OCH3 is 1. The smallest absolute Gasteiger partial charge is 0.269 e. The van der Waals surface area contributed by atoms with E-state index in [1.165, 1.54) is 5.56 Å². The van der Waals surface area contributed by atoms with Crippen molar-refractivity contribution in [2.24, 2.45) is 0 Å². The monoisotopic (exact) mass is 361 g/mol. The van der Waals surface area contributed by atoms with Crippen LogP contribution in [-0.2, 0) is 6.42 Å². The van der Waals surface area contributed by atoms with Crippen LogP contribution in [-0.4, -0.2) is 24.5 Å². The molecule has 0 saturated heterocycles. The van der Waals surface area contributed by atoms with Gasteiger partial charge in [-0.25, -0.2) is 4.98 Å². The largest absolute Gasteiger partial charge is 0.497 e. The summed E-state index contributed by atoms with van der Waals surface area (Å²) in [6.45, 7) is 2.60. The summed E-state index contributed by atoms with van der Waals surface area (Å²) in [6.07, 6.45) is 2.42. The van der Waals surface area contributed by atoms with Crippen molar-refractivity contribution in [1.82, 2.24) is 10.3 Å². The number of pyridine rings is 1. The van der Waals surface area contributed by atoms with Gasteiger partial charge >= 0.3 is 0 Å². The highest BCUT2D eigenvalue weighted by Crippen LogP contribution is 2.16. The third-order valence-electron chi connectivity index (χ3n) is 4.19. The van der Waals surface area contributed by atoms with Crippen LogP contribution < -0.4 is 15.4 Å². The van der Waals surface area contributed by atoms with Crippen molar-refractivity contribution in [1.29, 1.82) is 0 Å². The molecule has 5 nitrogen and oxygen atoms in total. The quantitative estimate of drug-likeness (QED) is 0.665. The maximum absolute atomic E-state index is 12.2. The highest BCUT2D eigenvalue weighted by atomic mass is 16.5. The van der Waals surface area contributed by atoms with E-state index >= 15 is 0 Å². The number of hydrogen-bond donors (Lipinski definition) is 2. The molecule has 0 spiro atoms. The van der Waals surface area contributed by atoms with E-state index in [0.29, 0.717) is 12.2 Å². The number of ether oxygens (including phenoxy) is 1. The Labute approximate surface area is 159 Å². The lowest BCUT2D eigenvalue weighted by atomic mass is 10.1. The summed E-state index contributed by atoms with van der Waals surface area (Å²) in [4.78, 5) is 16.5. The second kappa shape index (κ2) is 8.85. The van der Waals surface area contributed by atoms with Crippen LogP contribution in [0.15, 0.2) is 66.9 Å². The first-order chi connectivity index (χ1) is 13.1. The second-order valence-corrected chi connectivity index (χ2v) is 6.28. The maximum atomic E-state index is 12.2. The van der Waals surface area contributed by atoms with Gasteiger partial charge in [0.05, 0.1) is 19.0 Å². The van der Waals surface area contributed by atoms with Gasteiger partial charge < -0.3 is 15.4 Å². The van der Waals surface area contributed by atoms with Gasteiger partial charge in [-0.2, -0.15) is 0 Å². The number of carbonyl (C=O) groups excluding carboxylic acids is 1. The number of nitrogens with zero attached hydrogens (tertiary/aromatic N) is 1. The molecule has 0 bridgehead atoms. The predicted octanol–water partition coefficient (Wildman–Crippen LogP) is 4.11. The molecule has 0 radical (unpaired) electrons. The number of benzene rings is 2. The van der Waals surface area contributed by atoms with Crippen LogP contribution in [0.3, 0.4) is 0 Å². The Morgan fingerprint density at radius 2 is 1.67 bits per heavy atom. The summed E-state index contributed by atoms with van der Waals surface area (Å²) in [5.41, 5.74) is 4.58. The fraction of sp³-hybridized carbons (Fsp3) is 0.182. The summed E-state index contributed by atoms with van der Waals surface area (Å²) in [7, 11) is 1.64. The third kappa shape index (κ3) is 5.31. The average Bonchev–Trinajstić information content (AvgIpc) is 2.71. The Morgan fingerprint density at radius 3 is 2.30 bits per heavy atom. The SMILES string of the molecule is COc1ccc(CCNC(=O)c2ccc(Nc3ccc(C)cc3)cn2)cc1. The lowest BCUT2D eigenvalue weighted by Gasteiger charge is -2.08. The van der Waals surface area contributed by atoms with E-state index in [1.807, 2.05) is 61.5 Å². The zero-order chi connectivity index (χ0) is 19.1. The molecular formula is C22H23N3O2. The van der Waals surface area contributed by atoms with Crippen molar-refractivity contribution in [3.63, 3.8) is 0 Å². The first-order valence-electron chi connectivity index (χ1n) is 8.85. The molecular weight excluding hydrogens is 338 g/mol. The van der Waals surface area contributed by atoms with Gasteiger partial charge in [0.15, 0.2) is 0 Å². The fourth-order valence-corrected chi connectivity index (χ4v) is 2.61. The molecule has 0 fully saturated rings. The Bertz CT molecular complexity index is 873. The zero-order valence-electron chi connectivity index (χ0n) is 15.5. The number of amides is 1. The van der Waals surface area contributed by atoms with Crippen LogP contribution in [0.2, 0.25) is 0 Å². The van der Waals surface area contributed by atoms with E-state index in [-0.39, 0.29) is 5.91 Å². The molecule has 3 rings (SSSR count). The molecule has 0 aliphatic rings. The first kappa shape index (κ1) is 18.5. The van der Waals surface area contributed by atoms with E-state index in [1.54, 1.807) is 19.4 Å². The molecule has 1 aromatic heterocycles. The van der Waals surface area contributed by atoms with Gasteiger partial charge in [-0.15, -0.1) is 0 Å². The molecule has 0 aliphatic heterocycles. The molecule has 2 N–H and O–H groups in total. The standard InChI is InChI=1S/C22H23N3O2/c1-16-3-7-18(8-4-16)25-19-9-12-21(24-15-19)22(26)23-14-13-17-5-10-20(27-2)11-6-17/h3-12,15,25H,13-14H2,1-2H3,(H,23,26). The number of aryl methyl sites for hydroxylation is 1. The van der Waals surface area contributed by atoms with Crippen LogP contribution in [0, 0.1) is 6.92 Å². The summed E-state index contributed by atoms with van der Waals surface area (Å²) in [5.74, 6) is 0.650. The normalized spacial score (nSPS) is 10.3. The molecule has 0 unspecified atom stereocenters. The van der Waals surface area contributed by atoms with Gasteiger partial charge in [-0.1, -0.05) is 29.8 Å². The van der Waals surface area contributed by atoms with Crippen LogP contribution in [0.5, 0.6) is 5.75 Å². The lowest BCUT2D eigenvalue weighted by Crippen LogP contribution is -2.26. The summed E-state index contributed by atoms with van der Waals surface area (Å²) in [6, 6.07) is 19.5. The molecule has 3 aromatic rings. The first-order valence-corrected chi connectivity index (χ1v) is 8.85. The minimum atomic E-state index is -0.176. The lowest BCUT2D eigenvalue weighted by molar-refractivity contribution is 0.0949. The molecule has 0 atom stereocenters. The Balaban J connectivity index is 1.50. The van der Waals surface area contributed by atoms with Gasteiger partial charge in [0.2, 0.25) is 0 Å². The Morgan fingerprint density at radius 1 is 0.963 bits per heavy atom. The minimum absolute atomic E-state index is 0.176. The maximum Gasteiger partial charge on any atom is 0.269 e. The predicted molar refractivity (Wildman–Crippen MR) is 108 cm³/mol. The third-order valence-corrected chi connectivity index (χ3v) is 4.19.